The Bertz CT molecular complexity index is 236. The van der Waals surface area contributed by atoms with Crippen LogP contribution in [0.3, 0.4) is 0 Å². The third-order valence-corrected chi connectivity index (χ3v) is 1.89. The zero-order valence-electron chi connectivity index (χ0n) is 10.7. The van der Waals surface area contributed by atoms with Crippen LogP contribution in [0.2, 0.25) is 0 Å². The van der Waals surface area contributed by atoms with Crippen molar-refractivity contribution in [1.29, 1.82) is 0 Å². The third-order valence-electron chi connectivity index (χ3n) is 1.89. The zero-order chi connectivity index (χ0) is 14.8. The standard InChI is InChI=1S/C7H8F6.C4H11N/c1-2-3-4(8)7(12,13)5(9)6(10)11;1-3-5-4-2/h4H,2-3H2,1H3;5H,3-4H2,1-2H3. The van der Waals surface area contributed by atoms with Crippen LogP contribution in [0.5, 0.6) is 0 Å². The molecule has 0 aliphatic carbocycles. The van der Waals surface area contributed by atoms with E-state index in [-0.39, 0.29) is 6.42 Å². The average molecular weight is 279 g/mol. The van der Waals surface area contributed by atoms with Gasteiger partial charge in [-0.2, -0.15) is 22.0 Å². The van der Waals surface area contributed by atoms with Gasteiger partial charge in [-0.25, -0.2) is 4.39 Å². The van der Waals surface area contributed by atoms with Crippen molar-refractivity contribution in [2.45, 2.75) is 45.7 Å². The van der Waals surface area contributed by atoms with E-state index in [9.17, 15) is 26.3 Å². The van der Waals surface area contributed by atoms with E-state index in [1.54, 1.807) is 0 Å². The lowest BCUT2D eigenvalue weighted by atomic mass is 10.1. The van der Waals surface area contributed by atoms with Gasteiger partial charge in [0.15, 0.2) is 6.17 Å². The molecule has 0 radical (unpaired) electrons. The summed E-state index contributed by atoms with van der Waals surface area (Å²) in [4.78, 5) is 0. The highest BCUT2D eigenvalue weighted by Gasteiger charge is 2.47. The van der Waals surface area contributed by atoms with Crippen LogP contribution in [-0.4, -0.2) is 25.2 Å². The molecule has 1 N–H and O–H groups in total. The van der Waals surface area contributed by atoms with Crippen molar-refractivity contribution in [2.24, 2.45) is 0 Å². The Hall–Kier alpha value is -0.720. The summed E-state index contributed by atoms with van der Waals surface area (Å²) in [5.74, 6) is -7.69. The fourth-order valence-electron chi connectivity index (χ4n) is 0.948. The molecule has 0 heterocycles. The fourth-order valence-corrected chi connectivity index (χ4v) is 0.948. The summed E-state index contributed by atoms with van der Waals surface area (Å²) in [6.45, 7) is 7.77. The van der Waals surface area contributed by atoms with E-state index in [0.29, 0.717) is 0 Å². The fraction of sp³-hybridized carbons (Fsp3) is 0.818. The number of rotatable bonds is 6. The minimum Gasteiger partial charge on any atom is -0.317 e. The Kier molecular flexibility index (Phi) is 11.1. The largest absolute Gasteiger partial charge is 0.334 e. The van der Waals surface area contributed by atoms with Crippen LogP contribution in [0.15, 0.2) is 11.9 Å². The molecule has 0 rings (SSSR count). The number of allylic oxidation sites excluding steroid dienone is 1. The monoisotopic (exact) mass is 279 g/mol. The van der Waals surface area contributed by atoms with E-state index in [1.165, 1.54) is 6.92 Å². The summed E-state index contributed by atoms with van der Waals surface area (Å²) in [5, 5.41) is 3.11. The van der Waals surface area contributed by atoms with Crippen LogP contribution < -0.4 is 5.32 Å². The molecular formula is C11H19F6N. The van der Waals surface area contributed by atoms with Gasteiger partial charge in [0.1, 0.15) is 0 Å². The molecule has 0 fully saturated rings. The van der Waals surface area contributed by atoms with E-state index < -0.39 is 30.4 Å². The molecule has 0 saturated carbocycles. The number of halogens is 6. The molecule has 1 atom stereocenters. The Morgan fingerprint density at radius 2 is 1.50 bits per heavy atom. The molecule has 0 spiro atoms. The normalized spacial score (nSPS) is 12.5. The summed E-state index contributed by atoms with van der Waals surface area (Å²) in [5.41, 5.74) is 0. The van der Waals surface area contributed by atoms with Gasteiger partial charge in [-0.15, -0.1) is 0 Å². The van der Waals surface area contributed by atoms with Gasteiger partial charge in [0.2, 0.25) is 5.83 Å². The summed E-state index contributed by atoms with van der Waals surface area (Å²) in [6, 6.07) is 0. The lowest BCUT2D eigenvalue weighted by Crippen LogP contribution is -2.31. The van der Waals surface area contributed by atoms with Crippen LogP contribution in [0, 0.1) is 0 Å². The van der Waals surface area contributed by atoms with E-state index in [0.717, 1.165) is 13.1 Å². The van der Waals surface area contributed by atoms with Crippen molar-refractivity contribution in [3.8, 4) is 0 Å². The molecular weight excluding hydrogens is 260 g/mol. The highest BCUT2D eigenvalue weighted by molar-refractivity contribution is 5.07. The van der Waals surface area contributed by atoms with Gasteiger partial charge >= 0.3 is 12.0 Å². The number of hydrogen-bond acceptors (Lipinski definition) is 1. The molecule has 1 unspecified atom stereocenters. The predicted molar refractivity (Wildman–Crippen MR) is 59.3 cm³/mol. The minimum atomic E-state index is -4.71. The molecule has 0 saturated heterocycles. The molecule has 0 aromatic carbocycles. The highest BCUT2D eigenvalue weighted by atomic mass is 19.3. The lowest BCUT2D eigenvalue weighted by molar-refractivity contribution is -0.0629. The first kappa shape index (κ1) is 19.6. The van der Waals surface area contributed by atoms with Crippen molar-refractivity contribution < 1.29 is 26.3 Å². The molecule has 0 aliphatic rings. The van der Waals surface area contributed by atoms with Crippen LogP contribution in [-0.2, 0) is 0 Å². The Morgan fingerprint density at radius 1 is 1.06 bits per heavy atom. The van der Waals surface area contributed by atoms with Gasteiger partial charge in [-0.3, -0.25) is 0 Å². The molecule has 7 heteroatoms. The number of hydrogen-bond donors (Lipinski definition) is 1. The maximum Gasteiger partial charge on any atom is 0.334 e. The minimum absolute atomic E-state index is 0.0257. The summed E-state index contributed by atoms with van der Waals surface area (Å²) in [6.07, 6.45) is -6.71. The molecule has 1 nitrogen and oxygen atoms in total. The first-order valence-corrected chi connectivity index (χ1v) is 5.69. The Balaban J connectivity index is 0. The van der Waals surface area contributed by atoms with Crippen LogP contribution in [0.4, 0.5) is 26.3 Å². The first-order chi connectivity index (χ1) is 8.25. The smallest absolute Gasteiger partial charge is 0.317 e. The second-order valence-electron chi connectivity index (χ2n) is 3.41. The third kappa shape index (κ3) is 7.58. The lowest BCUT2D eigenvalue weighted by Gasteiger charge is -2.17. The van der Waals surface area contributed by atoms with Gasteiger partial charge in [-0.1, -0.05) is 27.2 Å². The van der Waals surface area contributed by atoms with E-state index in [4.69, 9.17) is 0 Å². The van der Waals surface area contributed by atoms with Crippen molar-refractivity contribution in [2.75, 3.05) is 13.1 Å². The molecule has 0 aromatic heterocycles. The van der Waals surface area contributed by atoms with Crippen LogP contribution in [0.1, 0.15) is 33.6 Å². The van der Waals surface area contributed by atoms with Gasteiger partial charge < -0.3 is 5.32 Å². The quantitative estimate of drug-likeness (QED) is 0.708. The van der Waals surface area contributed by atoms with Crippen molar-refractivity contribution >= 4 is 0 Å². The highest BCUT2D eigenvalue weighted by Crippen LogP contribution is 2.35. The second-order valence-corrected chi connectivity index (χ2v) is 3.41. The van der Waals surface area contributed by atoms with Crippen molar-refractivity contribution in [1.82, 2.24) is 5.32 Å². The zero-order valence-corrected chi connectivity index (χ0v) is 10.7. The summed E-state index contributed by atoms with van der Waals surface area (Å²) in [7, 11) is 0. The van der Waals surface area contributed by atoms with E-state index in [2.05, 4.69) is 19.2 Å². The van der Waals surface area contributed by atoms with Gasteiger partial charge in [-0.05, 0) is 19.5 Å². The van der Waals surface area contributed by atoms with Gasteiger partial charge in [0.25, 0.3) is 0 Å². The molecule has 18 heavy (non-hydrogen) atoms. The molecule has 0 aromatic rings. The molecule has 110 valence electrons. The molecule has 0 bridgehead atoms. The second kappa shape index (κ2) is 10.2. The van der Waals surface area contributed by atoms with E-state index in [1.807, 2.05) is 0 Å². The number of alkyl halides is 3. The first-order valence-electron chi connectivity index (χ1n) is 5.69. The van der Waals surface area contributed by atoms with Crippen molar-refractivity contribution in [3.63, 3.8) is 0 Å². The summed E-state index contributed by atoms with van der Waals surface area (Å²) >= 11 is 0. The maximum atomic E-state index is 12.4. The SMILES string of the molecule is CCCC(F)C(F)(F)C(F)=C(F)F.CCNCC. The van der Waals surface area contributed by atoms with E-state index >= 15 is 0 Å². The Morgan fingerprint density at radius 3 is 1.72 bits per heavy atom. The van der Waals surface area contributed by atoms with Crippen LogP contribution >= 0.6 is 0 Å². The van der Waals surface area contributed by atoms with Crippen molar-refractivity contribution in [3.05, 3.63) is 11.9 Å². The van der Waals surface area contributed by atoms with Gasteiger partial charge in [0, 0.05) is 0 Å². The van der Waals surface area contributed by atoms with Crippen LogP contribution in [0.25, 0.3) is 0 Å². The Labute approximate surface area is 103 Å². The average Bonchev–Trinajstić information content (AvgIpc) is 2.30. The number of nitrogens with one attached hydrogen (secondary N) is 1. The molecule has 0 amide bonds. The topological polar surface area (TPSA) is 12.0 Å². The maximum absolute atomic E-state index is 12.4. The summed E-state index contributed by atoms with van der Waals surface area (Å²) < 4.78 is 71.9. The molecule has 0 aliphatic heterocycles. The predicted octanol–water partition coefficient (Wildman–Crippen LogP) is 4.45. The van der Waals surface area contributed by atoms with Gasteiger partial charge in [0.05, 0.1) is 0 Å².